The summed E-state index contributed by atoms with van der Waals surface area (Å²) in [6, 6.07) is 13.6. The van der Waals surface area contributed by atoms with Gasteiger partial charge in [-0.1, -0.05) is 50.0 Å². The standard InChI is InChI=1S/C30H41N3O6SSi/c1-20-11-8-9-14-23(20)26-33(24(19-40-26)28(36)39-30(2,3)4)25(34)18-31-29(37)32-22-13-10-12-21(17-22)27(35)38-15-16-41(5,6)7/h8-14,17,24,26H,15-16,18-19H2,1-7H3,(H2,31,32,37)/t24-,26+/m0/s1. The second-order valence-corrected chi connectivity index (χ2v) is 19.0. The van der Waals surface area contributed by atoms with Gasteiger partial charge >= 0.3 is 18.0 Å². The van der Waals surface area contributed by atoms with Crippen molar-refractivity contribution < 1.29 is 28.7 Å². The minimum atomic E-state index is -1.33. The van der Waals surface area contributed by atoms with Gasteiger partial charge < -0.3 is 25.0 Å². The van der Waals surface area contributed by atoms with Crippen LogP contribution >= 0.6 is 11.8 Å². The van der Waals surface area contributed by atoms with Crippen molar-refractivity contribution in [1.82, 2.24) is 10.2 Å². The number of carbonyl (C=O) groups is 4. The van der Waals surface area contributed by atoms with E-state index in [0.29, 0.717) is 23.6 Å². The number of rotatable bonds is 9. The molecule has 0 radical (unpaired) electrons. The maximum atomic E-state index is 13.5. The molecule has 0 spiro atoms. The molecule has 9 nitrogen and oxygen atoms in total. The van der Waals surface area contributed by atoms with Gasteiger partial charge in [0.15, 0.2) is 0 Å². The summed E-state index contributed by atoms with van der Waals surface area (Å²) in [7, 11) is -1.33. The Morgan fingerprint density at radius 1 is 1.05 bits per heavy atom. The highest BCUT2D eigenvalue weighted by atomic mass is 32.2. The van der Waals surface area contributed by atoms with E-state index >= 15 is 0 Å². The van der Waals surface area contributed by atoms with Gasteiger partial charge in [0.1, 0.15) is 17.0 Å². The summed E-state index contributed by atoms with van der Waals surface area (Å²) in [6.07, 6.45) is 0. The Bertz CT molecular complexity index is 1270. The molecule has 1 aliphatic heterocycles. The van der Waals surface area contributed by atoms with Crippen molar-refractivity contribution in [2.24, 2.45) is 0 Å². The number of ether oxygens (including phenoxy) is 2. The van der Waals surface area contributed by atoms with Gasteiger partial charge in [0, 0.05) is 19.5 Å². The third kappa shape index (κ3) is 9.63. The molecule has 41 heavy (non-hydrogen) atoms. The Morgan fingerprint density at radius 2 is 1.76 bits per heavy atom. The molecule has 222 valence electrons. The fourth-order valence-corrected chi connectivity index (χ4v) is 6.39. The van der Waals surface area contributed by atoms with Gasteiger partial charge in [0.05, 0.1) is 18.7 Å². The number of anilines is 1. The first-order chi connectivity index (χ1) is 19.1. The Labute approximate surface area is 247 Å². The number of nitrogens with zero attached hydrogens (tertiary/aromatic N) is 1. The molecule has 1 saturated heterocycles. The molecule has 1 fully saturated rings. The molecule has 0 bridgehead atoms. The van der Waals surface area contributed by atoms with Crippen LogP contribution in [0.1, 0.15) is 47.6 Å². The van der Waals surface area contributed by atoms with Crippen LogP contribution in [-0.4, -0.2) is 67.4 Å². The Kier molecular flexibility index (Phi) is 10.7. The van der Waals surface area contributed by atoms with E-state index < -0.39 is 49.0 Å². The summed E-state index contributed by atoms with van der Waals surface area (Å²) in [5.74, 6) is -0.960. The highest BCUT2D eigenvalue weighted by molar-refractivity contribution is 7.99. The van der Waals surface area contributed by atoms with E-state index in [1.807, 2.05) is 31.2 Å². The zero-order valence-electron chi connectivity index (χ0n) is 24.9. The van der Waals surface area contributed by atoms with Gasteiger partial charge in [-0.05, 0) is 63.1 Å². The fourth-order valence-electron chi connectivity index (χ4n) is 4.15. The Balaban J connectivity index is 1.66. The third-order valence-electron chi connectivity index (χ3n) is 6.26. The lowest BCUT2D eigenvalue weighted by Gasteiger charge is -2.31. The second kappa shape index (κ2) is 13.6. The van der Waals surface area contributed by atoms with Crippen LogP contribution in [0.25, 0.3) is 0 Å². The summed E-state index contributed by atoms with van der Waals surface area (Å²) in [4.78, 5) is 53.2. The van der Waals surface area contributed by atoms with E-state index in [1.165, 1.54) is 22.7 Å². The van der Waals surface area contributed by atoms with Gasteiger partial charge in [-0.2, -0.15) is 0 Å². The molecule has 0 aliphatic carbocycles. The maximum absolute atomic E-state index is 13.5. The number of esters is 2. The van der Waals surface area contributed by atoms with Gasteiger partial charge in [0.25, 0.3) is 0 Å². The molecule has 3 rings (SSSR count). The monoisotopic (exact) mass is 599 g/mol. The number of thioether (sulfide) groups is 1. The number of aryl methyl sites for hydroxylation is 1. The molecule has 11 heteroatoms. The van der Waals surface area contributed by atoms with Gasteiger partial charge in [0.2, 0.25) is 5.91 Å². The highest BCUT2D eigenvalue weighted by Crippen LogP contribution is 2.43. The van der Waals surface area contributed by atoms with Crippen molar-refractivity contribution >= 4 is 49.4 Å². The first-order valence-electron chi connectivity index (χ1n) is 13.7. The normalized spacial score (nSPS) is 17.1. The van der Waals surface area contributed by atoms with Gasteiger partial charge in [-0.3, -0.25) is 4.79 Å². The third-order valence-corrected chi connectivity index (χ3v) is 9.27. The lowest BCUT2D eigenvalue weighted by molar-refractivity contribution is -0.163. The van der Waals surface area contributed by atoms with E-state index in [2.05, 4.69) is 30.3 Å². The molecule has 1 aliphatic rings. The largest absolute Gasteiger partial charge is 0.462 e. The molecule has 0 aromatic heterocycles. The lowest BCUT2D eigenvalue weighted by Crippen LogP contribution is -2.49. The van der Waals surface area contributed by atoms with Crippen LogP contribution in [-0.2, 0) is 19.1 Å². The van der Waals surface area contributed by atoms with Crippen molar-refractivity contribution in [1.29, 1.82) is 0 Å². The first-order valence-corrected chi connectivity index (χ1v) is 18.4. The topological polar surface area (TPSA) is 114 Å². The van der Waals surface area contributed by atoms with Crippen LogP contribution in [0.4, 0.5) is 10.5 Å². The molecule has 0 saturated carbocycles. The quantitative estimate of drug-likeness (QED) is 0.285. The van der Waals surface area contributed by atoms with Crippen molar-refractivity contribution in [3.05, 3.63) is 65.2 Å². The molecule has 0 unspecified atom stereocenters. The molecule has 3 amide bonds. The van der Waals surface area contributed by atoms with E-state index in [1.54, 1.807) is 39.0 Å². The number of urea groups is 1. The highest BCUT2D eigenvalue weighted by Gasteiger charge is 2.44. The van der Waals surface area contributed by atoms with E-state index in [0.717, 1.165) is 17.2 Å². The van der Waals surface area contributed by atoms with Crippen LogP contribution in [0, 0.1) is 6.92 Å². The van der Waals surface area contributed by atoms with Crippen molar-refractivity contribution in [3.63, 3.8) is 0 Å². The molecule has 2 atom stereocenters. The van der Waals surface area contributed by atoms with E-state index in [-0.39, 0.29) is 6.54 Å². The second-order valence-electron chi connectivity index (χ2n) is 12.2. The van der Waals surface area contributed by atoms with Crippen LogP contribution in [0.2, 0.25) is 25.7 Å². The average molecular weight is 600 g/mol. The number of benzene rings is 2. The molecule has 2 aromatic rings. The lowest BCUT2D eigenvalue weighted by atomic mass is 10.1. The average Bonchev–Trinajstić information content (AvgIpc) is 3.31. The summed E-state index contributed by atoms with van der Waals surface area (Å²) in [6.45, 7) is 14.0. The van der Waals surface area contributed by atoms with Crippen molar-refractivity contribution in [2.45, 2.75) is 70.4 Å². The molecular weight excluding hydrogens is 558 g/mol. The van der Waals surface area contributed by atoms with Crippen LogP contribution in [0.3, 0.4) is 0 Å². The van der Waals surface area contributed by atoms with Crippen LogP contribution in [0.5, 0.6) is 0 Å². The number of carbonyl (C=O) groups excluding carboxylic acids is 4. The number of nitrogens with one attached hydrogen (secondary N) is 2. The smallest absolute Gasteiger partial charge is 0.338 e. The number of hydrogen-bond acceptors (Lipinski definition) is 7. The van der Waals surface area contributed by atoms with E-state index in [9.17, 15) is 19.2 Å². The first kappa shape index (κ1) is 32.2. The van der Waals surface area contributed by atoms with Gasteiger partial charge in [-0.15, -0.1) is 11.8 Å². The molecule has 2 N–H and O–H groups in total. The van der Waals surface area contributed by atoms with Crippen molar-refractivity contribution in [2.75, 3.05) is 24.2 Å². The number of hydrogen-bond donors (Lipinski definition) is 2. The number of amides is 3. The summed E-state index contributed by atoms with van der Waals surface area (Å²) >= 11 is 1.49. The predicted octanol–water partition coefficient (Wildman–Crippen LogP) is 5.60. The fraction of sp³-hybridized carbons (Fsp3) is 0.467. The molecule has 2 aromatic carbocycles. The summed E-state index contributed by atoms with van der Waals surface area (Å²) < 4.78 is 11.0. The maximum Gasteiger partial charge on any atom is 0.338 e. The summed E-state index contributed by atoms with van der Waals surface area (Å²) in [5, 5.41) is 4.86. The summed E-state index contributed by atoms with van der Waals surface area (Å²) in [5.41, 5.74) is 1.93. The Morgan fingerprint density at radius 3 is 2.41 bits per heavy atom. The minimum Gasteiger partial charge on any atom is -0.462 e. The van der Waals surface area contributed by atoms with Crippen LogP contribution in [0.15, 0.2) is 48.5 Å². The van der Waals surface area contributed by atoms with E-state index in [4.69, 9.17) is 9.47 Å². The minimum absolute atomic E-state index is 0.324. The molecular formula is C30H41N3O6SSi. The predicted molar refractivity (Wildman–Crippen MR) is 165 cm³/mol. The SMILES string of the molecule is Cc1ccccc1[C@H]1SC[C@@H](C(=O)OC(C)(C)C)N1C(=O)CNC(=O)Nc1cccc(C(=O)OCC[Si](C)(C)C)c1. The zero-order valence-corrected chi connectivity index (χ0v) is 26.7. The van der Waals surface area contributed by atoms with Crippen molar-refractivity contribution in [3.8, 4) is 0 Å². The molecule has 1 heterocycles. The Hall–Kier alpha value is -3.31. The van der Waals surface area contributed by atoms with Gasteiger partial charge in [-0.25, -0.2) is 14.4 Å². The zero-order chi connectivity index (χ0) is 30.4. The van der Waals surface area contributed by atoms with Crippen LogP contribution < -0.4 is 10.6 Å².